The van der Waals surface area contributed by atoms with Crippen LogP contribution in [0.2, 0.25) is 0 Å². The molecule has 1 atom stereocenters. The highest BCUT2D eigenvalue weighted by molar-refractivity contribution is 7.89. The standard InChI is InChI=1S/C20H25N3O3S2/c24-20(15-22-10-4-8-18(22)19-9-5-13-27-19)21-16-6-3-7-17(14-16)28(25,26)23-11-1-2-12-23/h3,5-7,9,13-14,18H,1-2,4,8,10-12,15H2,(H,21,24)/t18-/m1/s1. The predicted molar refractivity (Wildman–Crippen MR) is 111 cm³/mol. The summed E-state index contributed by atoms with van der Waals surface area (Å²) in [5.41, 5.74) is 0.525. The van der Waals surface area contributed by atoms with Crippen molar-refractivity contribution in [1.82, 2.24) is 9.21 Å². The van der Waals surface area contributed by atoms with Crippen LogP contribution in [0.25, 0.3) is 0 Å². The normalized spacial score (nSPS) is 21.2. The van der Waals surface area contributed by atoms with Crippen LogP contribution in [0.1, 0.15) is 36.6 Å². The molecule has 0 unspecified atom stereocenters. The third kappa shape index (κ3) is 4.15. The first-order valence-electron chi connectivity index (χ1n) is 9.71. The van der Waals surface area contributed by atoms with Crippen LogP contribution < -0.4 is 5.32 Å². The van der Waals surface area contributed by atoms with E-state index in [0.29, 0.717) is 31.4 Å². The topological polar surface area (TPSA) is 69.7 Å². The number of likely N-dealkylation sites (tertiary alicyclic amines) is 1. The second-order valence-electron chi connectivity index (χ2n) is 7.33. The minimum absolute atomic E-state index is 0.112. The number of thiophene rings is 1. The number of sulfonamides is 1. The molecule has 0 saturated carbocycles. The molecule has 1 N–H and O–H groups in total. The van der Waals surface area contributed by atoms with Crippen molar-refractivity contribution in [2.45, 2.75) is 36.6 Å². The molecule has 1 aromatic heterocycles. The largest absolute Gasteiger partial charge is 0.325 e. The molecule has 0 spiro atoms. The van der Waals surface area contributed by atoms with Gasteiger partial charge < -0.3 is 5.32 Å². The number of rotatable bonds is 6. The lowest BCUT2D eigenvalue weighted by molar-refractivity contribution is -0.117. The molecule has 3 heterocycles. The Morgan fingerprint density at radius 2 is 1.93 bits per heavy atom. The molecule has 1 amide bonds. The molecular weight excluding hydrogens is 394 g/mol. The fourth-order valence-corrected chi connectivity index (χ4v) is 6.47. The van der Waals surface area contributed by atoms with Crippen LogP contribution in [0.15, 0.2) is 46.7 Å². The van der Waals surface area contributed by atoms with Crippen molar-refractivity contribution in [3.05, 3.63) is 46.7 Å². The van der Waals surface area contributed by atoms with Gasteiger partial charge in [-0.15, -0.1) is 11.3 Å². The number of nitrogens with one attached hydrogen (secondary N) is 1. The van der Waals surface area contributed by atoms with Gasteiger partial charge in [-0.05, 0) is 61.9 Å². The Labute approximate surface area is 170 Å². The van der Waals surface area contributed by atoms with E-state index in [1.807, 2.05) is 6.07 Å². The maximum absolute atomic E-state index is 12.7. The van der Waals surface area contributed by atoms with Crippen molar-refractivity contribution in [1.29, 1.82) is 0 Å². The summed E-state index contributed by atoms with van der Waals surface area (Å²) in [5.74, 6) is -0.112. The number of hydrogen-bond acceptors (Lipinski definition) is 5. The van der Waals surface area contributed by atoms with Crippen LogP contribution in [0, 0.1) is 0 Å². The number of benzene rings is 1. The highest BCUT2D eigenvalue weighted by atomic mass is 32.2. The third-order valence-corrected chi connectivity index (χ3v) is 8.27. The van der Waals surface area contributed by atoms with E-state index in [0.717, 1.165) is 32.2 Å². The molecule has 2 aliphatic heterocycles. The van der Waals surface area contributed by atoms with Gasteiger partial charge in [0.25, 0.3) is 0 Å². The first kappa shape index (κ1) is 19.6. The molecule has 0 radical (unpaired) electrons. The number of carbonyl (C=O) groups is 1. The second kappa shape index (κ2) is 8.32. The van der Waals surface area contributed by atoms with Gasteiger partial charge in [0.2, 0.25) is 15.9 Å². The summed E-state index contributed by atoms with van der Waals surface area (Å²) in [6.45, 7) is 2.35. The van der Waals surface area contributed by atoms with Crippen LogP contribution in [-0.4, -0.2) is 49.7 Å². The van der Waals surface area contributed by atoms with E-state index in [1.165, 1.54) is 9.18 Å². The zero-order valence-electron chi connectivity index (χ0n) is 15.7. The van der Waals surface area contributed by atoms with E-state index in [4.69, 9.17) is 0 Å². The first-order chi connectivity index (χ1) is 13.5. The quantitative estimate of drug-likeness (QED) is 0.780. The molecule has 2 aliphatic rings. The molecule has 6 nitrogen and oxygen atoms in total. The number of carbonyl (C=O) groups excluding carboxylic acids is 1. The van der Waals surface area contributed by atoms with E-state index < -0.39 is 10.0 Å². The minimum atomic E-state index is -3.48. The molecule has 4 rings (SSSR count). The van der Waals surface area contributed by atoms with Crippen LogP contribution in [0.4, 0.5) is 5.69 Å². The Morgan fingerprint density at radius 3 is 2.68 bits per heavy atom. The summed E-state index contributed by atoms with van der Waals surface area (Å²) in [5, 5.41) is 4.95. The maximum Gasteiger partial charge on any atom is 0.243 e. The van der Waals surface area contributed by atoms with E-state index in [2.05, 4.69) is 21.7 Å². The second-order valence-corrected chi connectivity index (χ2v) is 10.2. The Bertz CT molecular complexity index is 922. The highest BCUT2D eigenvalue weighted by Gasteiger charge is 2.29. The van der Waals surface area contributed by atoms with E-state index in [9.17, 15) is 13.2 Å². The van der Waals surface area contributed by atoms with Crippen LogP contribution in [0.5, 0.6) is 0 Å². The Morgan fingerprint density at radius 1 is 1.11 bits per heavy atom. The first-order valence-corrected chi connectivity index (χ1v) is 12.0. The van der Waals surface area contributed by atoms with Crippen molar-refractivity contribution in [3.63, 3.8) is 0 Å². The van der Waals surface area contributed by atoms with Gasteiger partial charge in [0.1, 0.15) is 0 Å². The van der Waals surface area contributed by atoms with Crippen LogP contribution in [0.3, 0.4) is 0 Å². The molecule has 150 valence electrons. The number of anilines is 1. The van der Waals surface area contributed by atoms with Gasteiger partial charge in [0.15, 0.2) is 0 Å². The summed E-state index contributed by atoms with van der Waals surface area (Å²) in [6, 6.07) is 11.0. The van der Waals surface area contributed by atoms with Crippen molar-refractivity contribution < 1.29 is 13.2 Å². The Hall–Kier alpha value is -1.74. The fourth-order valence-electron chi connectivity index (χ4n) is 4.02. The molecule has 2 fully saturated rings. The summed E-state index contributed by atoms with van der Waals surface area (Å²) >= 11 is 1.73. The van der Waals surface area contributed by atoms with Gasteiger partial charge in [-0.2, -0.15) is 4.31 Å². The highest BCUT2D eigenvalue weighted by Crippen LogP contribution is 2.34. The molecule has 28 heavy (non-hydrogen) atoms. The smallest absolute Gasteiger partial charge is 0.243 e. The SMILES string of the molecule is O=C(CN1CCC[C@@H]1c1cccs1)Nc1cccc(S(=O)(=O)N2CCCC2)c1. The van der Waals surface area contributed by atoms with Crippen molar-refractivity contribution >= 4 is 33.0 Å². The lowest BCUT2D eigenvalue weighted by atomic mass is 10.2. The molecule has 0 aliphatic carbocycles. The average Bonchev–Trinajstić information content (AvgIpc) is 3.43. The molecule has 8 heteroatoms. The number of nitrogens with zero attached hydrogens (tertiary/aromatic N) is 2. The van der Waals surface area contributed by atoms with Gasteiger partial charge >= 0.3 is 0 Å². The molecule has 2 saturated heterocycles. The summed E-state index contributed by atoms with van der Waals surface area (Å²) in [7, 11) is -3.48. The van der Waals surface area contributed by atoms with Crippen molar-refractivity contribution in [2.24, 2.45) is 0 Å². The van der Waals surface area contributed by atoms with Gasteiger partial charge in [-0.25, -0.2) is 8.42 Å². The molecular formula is C20H25N3O3S2. The Kier molecular flexibility index (Phi) is 5.82. The van der Waals surface area contributed by atoms with E-state index in [1.54, 1.807) is 35.6 Å². The number of amides is 1. The molecule has 2 aromatic rings. The summed E-state index contributed by atoms with van der Waals surface area (Å²) < 4.78 is 27.0. The monoisotopic (exact) mass is 419 g/mol. The lowest BCUT2D eigenvalue weighted by Gasteiger charge is -2.23. The fraction of sp³-hybridized carbons (Fsp3) is 0.450. The number of hydrogen-bond donors (Lipinski definition) is 1. The zero-order chi connectivity index (χ0) is 19.6. The predicted octanol–water partition coefficient (Wildman–Crippen LogP) is 3.31. The maximum atomic E-state index is 12.7. The zero-order valence-corrected chi connectivity index (χ0v) is 17.3. The van der Waals surface area contributed by atoms with E-state index in [-0.39, 0.29) is 10.8 Å². The van der Waals surface area contributed by atoms with Crippen LogP contribution >= 0.6 is 11.3 Å². The minimum Gasteiger partial charge on any atom is -0.325 e. The van der Waals surface area contributed by atoms with Crippen molar-refractivity contribution in [2.75, 3.05) is 31.5 Å². The van der Waals surface area contributed by atoms with Gasteiger partial charge in [-0.3, -0.25) is 9.69 Å². The van der Waals surface area contributed by atoms with Gasteiger partial charge in [0, 0.05) is 29.7 Å². The van der Waals surface area contributed by atoms with Gasteiger partial charge in [0.05, 0.1) is 11.4 Å². The summed E-state index contributed by atoms with van der Waals surface area (Å²) in [6.07, 6.45) is 3.95. The molecule has 0 bridgehead atoms. The van der Waals surface area contributed by atoms with E-state index >= 15 is 0 Å². The van der Waals surface area contributed by atoms with Gasteiger partial charge in [-0.1, -0.05) is 12.1 Å². The Balaban J connectivity index is 1.42. The summed E-state index contributed by atoms with van der Waals surface area (Å²) in [4.78, 5) is 16.3. The third-order valence-electron chi connectivity index (χ3n) is 5.40. The lowest BCUT2D eigenvalue weighted by Crippen LogP contribution is -2.32. The average molecular weight is 420 g/mol. The van der Waals surface area contributed by atoms with Crippen molar-refractivity contribution in [3.8, 4) is 0 Å². The van der Waals surface area contributed by atoms with Crippen LogP contribution in [-0.2, 0) is 14.8 Å². The molecule has 1 aromatic carbocycles.